The first-order valence-electron chi connectivity index (χ1n) is 3.08. The van der Waals surface area contributed by atoms with Crippen molar-refractivity contribution in [1.29, 1.82) is 0 Å². The van der Waals surface area contributed by atoms with Crippen LogP contribution in [0, 0.1) is 0 Å². The van der Waals surface area contributed by atoms with E-state index < -0.39 is 21.4 Å². The maximum Gasteiger partial charge on any atom is 0.406 e. The molecule has 12 heavy (non-hydrogen) atoms. The normalized spacial score (nSPS) is 16.6. The van der Waals surface area contributed by atoms with Gasteiger partial charge in [0.1, 0.15) is 0 Å². The second-order valence-electron chi connectivity index (χ2n) is 2.51. The summed E-state index contributed by atoms with van der Waals surface area (Å²) >= 11 is 0. The van der Waals surface area contributed by atoms with Gasteiger partial charge in [0.25, 0.3) is 0 Å². The Bertz CT molecular complexity index is 244. The van der Waals surface area contributed by atoms with Crippen LogP contribution in [-0.2, 0) is 10.0 Å². The average molecular weight is 205 g/mol. The first-order valence-corrected chi connectivity index (χ1v) is 4.58. The van der Waals surface area contributed by atoms with Crippen molar-refractivity contribution < 1.29 is 21.6 Å². The minimum atomic E-state index is -4.71. The molecule has 0 fully saturated rings. The Morgan fingerprint density at radius 1 is 1.25 bits per heavy atom. The molecule has 0 aliphatic heterocycles. The minimum Gasteiger partial charge on any atom is -0.212 e. The Morgan fingerprint density at radius 2 is 1.58 bits per heavy atom. The third-order valence-corrected chi connectivity index (χ3v) is 3.60. The molecule has 0 heterocycles. The maximum atomic E-state index is 11.9. The number of hydrogen-bond acceptors (Lipinski definition) is 2. The molecule has 1 atom stereocenters. The number of sulfonamides is 1. The van der Waals surface area contributed by atoms with Crippen LogP contribution in [0.25, 0.3) is 0 Å². The summed E-state index contributed by atoms with van der Waals surface area (Å²) in [4.78, 5) is 0. The zero-order chi connectivity index (χ0) is 10.2. The predicted octanol–water partition coefficient (Wildman–Crippen LogP) is 0.829. The van der Waals surface area contributed by atoms with E-state index >= 15 is 0 Å². The molecule has 7 heteroatoms. The molecule has 0 aliphatic carbocycles. The third-order valence-electron chi connectivity index (χ3n) is 1.42. The number of hydrogen-bond donors (Lipinski definition) is 0. The van der Waals surface area contributed by atoms with Crippen molar-refractivity contribution in [2.75, 3.05) is 14.1 Å². The van der Waals surface area contributed by atoms with E-state index in [-0.39, 0.29) is 0 Å². The Morgan fingerprint density at radius 3 is 1.67 bits per heavy atom. The van der Waals surface area contributed by atoms with Gasteiger partial charge in [-0.1, -0.05) is 0 Å². The van der Waals surface area contributed by atoms with Crippen molar-refractivity contribution in [3.05, 3.63) is 0 Å². The fourth-order valence-corrected chi connectivity index (χ4v) is 1.46. The molecule has 0 aromatic carbocycles. The summed E-state index contributed by atoms with van der Waals surface area (Å²) in [6.45, 7) is 0.620. The molecule has 0 aliphatic rings. The van der Waals surface area contributed by atoms with E-state index in [4.69, 9.17) is 0 Å². The average Bonchev–Trinajstić information content (AvgIpc) is 1.83. The van der Waals surface area contributed by atoms with Gasteiger partial charge in [-0.15, -0.1) is 0 Å². The van der Waals surface area contributed by atoms with Crippen molar-refractivity contribution in [2.24, 2.45) is 0 Å². The molecule has 0 aromatic heterocycles. The summed E-state index contributed by atoms with van der Waals surface area (Å²) in [5.74, 6) is 0. The zero-order valence-corrected chi connectivity index (χ0v) is 7.70. The molecule has 0 saturated heterocycles. The van der Waals surface area contributed by atoms with Crippen molar-refractivity contribution >= 4 is 10.0 Å². The SMILES string of the molecule is CC(C(F)(F)F)S(=O)(=O)N(C)C. The van der Waals surface area contributed by atoms with E-state index in [1.54, 1.807) is 0 Å². The number of alkyl halides is 3. The van der Waals surface area contributed by atoms with Crippen LogP contribution < -0.4 is 0 Å². The van der Waals surface area contributed by atoms with Crippen LogP contribution in [0.4, 0.5) is 13.2 Å². The quantitative estimate of drug-likeness (QED) is 0.669. The summed E-state index contributed by atoms with van der Waals surface area (Å²) in [6, 6.07) is 0. The number of nitrogens with zero attached hydrogens (tertiary/aromatic N) is 1. The molecule has 0 amide bonds. The lowest BCUT2D eigenvalue weighted by Gasteiger charge is -2.19. The summed E-state index contributed by atoms with van der Waals surface area (Å²) in [7, 11) is -2.09. The highest BCUT2D eigenvalue weighted by atomic mass is 32.2. The smallest absolute Gasteiger partial charge is 0.212 e. The molecule has 0 aromatic rings. The van der Waals surface area contributed by atoms with E-state index in [1.165, 1.54) is 0 Å². The molecule has 3 nitrogen and oxygen atoms in total. The van der Waals surface area contributed by atoms with E-state index in [9.17, 15) is 21.6 Å². The molecular weight excluding hydrogens is 195 g/mol. The van der Waals surface area contributed by atoms with Gasteiger partial charge in [0.05, 0.1) is 0 Å². The lowest BCUT2D eigenvalue weighted by molar-refractivity contribution is -0.127. The molecule has 0 spiro atoms. The van der Waals surface area contributed by atoms with Gasteiger partial charge in [-0.25, -0.2) is 12.7 Å². The van der Waals surface area contributed by atoms with Crippen molar-refractivity contribution in [3.8, 4) is 0 Å². The second kappa shape index (κ2) is 3.21. The summed E-state index contributed by atoms with van der Waals surface area (Å²) in [6.07, 6.45) is -4.71. The van der Waals surface area contributed by atoms with Gasteiger partial charge in [0.15, 0.2) is 5.25 Å². The molecule has 74 valence electrons. The van der Waals surface area contributed by atoms with Gasteiger partial charge >= 0.3 is 6.18 Å². The lowest BCUT2D eigenvalue weighted by Crippen LogP contribution is -2.40. The minimum absolute atomic E-state index is 0.561. The lowest BCUT2D eigenvalue weighted by atomic mass is 10.5. The fourth-order valence-electron chi connectivity index (χ4n) is 0.485. The van der Waals surface area contributed by atoms with Gasteiger partial charge in [-0.2, -0.15) is 13.2 Å². The predicted molar refractivity (Wildman–Crippen MR) is 38.1 cm³/mol. The standard InChI is InChI=1S/C5H10F3NO2S/c1-4(5(6,7)8)12(10,11)9(2)3/h4H,1-3H3. The van der Waals surface area contributed by atoms with Gasteiger partial charge in [-0.05, 0) is 6.92 Å². The molecule has 0 N–H and O–H groups in total. The van der Waals surface area contributed by atoms with Crippen LogP contribution in [0.2, 0.25) is 0 Å². The molecule has 0 rings (SSSR count). The van der Waals surface area contributed by atoms with E-state index in [2.05, 4.69) is 0 Å². The van der Waals surface area contributed by atoms with Gasteiger partial charge in [0, 0.05) is 14.1 Å². The summed E-state index contributed by atoms with van der Waals surface area (Å²) in [5, 5.41) is -2.35. The third kappa shape index (κ3) is 2.34. The van der Waals surface area contributed by atoms with Crippen LogP contribution in [0.5, 0.6) is 0 Å². The van der Waals surface area contributed by atoms with E-state index in [1.807, 2.05) is 0 Å². The van der Waals surface area contributed by atoms with Crippen LogP contribution in [0.3, 0.4) is 0 Å². The highest BCUT2D eigenvalue weighted by molar-refractivity contribution is 7.89. The van der Waals surface area contributed by atoms with Crippen molar-refractivity contribution in [3.63, 3.8) is 0 Å². The van der Waals surface area contributed by atoms with Crippen LogP contribution in [0.15, 0.2) is 0 Å². The Hall–Kier alpha value is -0.300. The largest absolute Gasteiger partial charge is 0.406 e. The fraction of sp³-hybridized carbons (Fsp3) is 1.00. The second-order valence-corrected chi connectivity index (χ2v) is 4.98. The first-order chi connectivity index (χ1) is 5.10. The van der Waals surface area contributed by atoms with E-state index in [0.29, 0.717) is 11.2 Å². The van der Waals surface area contributed by atoms with Crippen LogP contribution in [0.1, 0.15) is 6.92 Å². The topological polar surface area (TPSA) is 37.4 Å². The summed E-state index contributed by atoms with van der Waals surface area (Å²) < 4.78 is 58.0. The van der Waals surface area contributed by atoms with Crippen molar-refractivity contribution in [2.45, 2.75) is 18.3 Å². The molecule has 1 unspecified atom stereocenters. The molecular formula is C5H10F3NO2S. The zero-order valence-electron chi connectivity index (χ0n) is 6.88. The molecule has 0 saturated carbocycles. The maximum absolute atomic E-state index is 11.9. The Balaban J connectivity index is 4.84. The van der Waals surface area contributed by atoms with Crippen LogP contribution in [-0.4, -0.2) is 38.2 Å². The highest BCUT2D eigenvalue weighted by Gasteiger charge is 2.45. The van der Waals surface area contributed by atoms with Gasteiger partial charge in [0.2, 0.25) is 10.0 Å². The first kappa shape index (κ1) is 11.7. The van der Waals surface area contributed by atoms with Gasteiger partial charge in [-0.3, -0.25) is 0 Å². The number of rotatable bonds is 2. The van der Waals surface area contributed by atoms with Gasteiger partial charge < -0.3 is 0 Å². The van der Waals surface area contributed by atoms with Crippen molar-refractivity contribution in [1.82, 2.24) is 4.31 Å². The van der Waals surface area contributed by atoms with Crippen LogP contribution >= 0.6 is 0 Å². The summed E-state index contributed by atoms with van der Waals surface area (Å²) in [5.41, 5.74) is 0. The van der Waals surface area contributed by atoms with E-state index in [0.717, 1.165) is 14.1 Å². The Labute approximate surface area is 69.2 Å². The Kier molecular flexibility index (Phi) is 3.13. The molecule has 0 bridgehead atoms. The highest BCUT2D eigenvalue weighted by Crippen LogP contribution is 2.26. The molecule has 0 radical (unpaired) electrons. The monoisotopic (exact) mass is 205 g/mol. The number of halogens is 3.